The largest absolute Gasteiger partial charge is 0.494 e. The van der Waals surface area contributed by atoms with E-state index in [9.17, 15) is 5.11 Å². The Hall–Kier alpha value is -1.14. The fourth-order valence-electron chi connectivity index (χ4n) is 1.66. The third-order valence-electron chi connectivity index (χ3n) is 2.82. The van der Waals surface area contributed by atoms with Crippen LogP contribution >= 0.6 is 0 Å². The maximum absolute atomic E-state index is 10.0. The van der Waals surface area contributed by atoms with Gasteiger partial charge in [0.1, 0.15) is 11.9 Å². The molecular formula is C16H26O5. The summed E-state index contributed by atoms with van der Waals surface area (Å²) in [5, 5.41) is 10.0. The van der Waals surface area contributed by atoms with Crippen LogP contribution in [0.4, 0.5) is 0 Å². The van der Waals surface area contributed by atoms with E-state index in [0.29, 0.717) is 33.0 Å². The van der Waals surface area contributed by atoms with Crippen molar-refractivity contribution < 1.29 is 24.1 Å². The minimum atomic E-state index is -0.635. The van der Waals surface area contributed by atoms with Gasteiger partial charge in [-0.2, -0.15) is 0 Å². The molecule has 0 saturated heterocycles. The summed E-state index contributed by atoms with van der Waals surface area (Å²) in [6.45, 7) is 5.11. The molecule has 1 atom stereocenters. The van der Waals surface area contributed by atoms with Crippen molar-refractivity contribution in [3.8, 4) is 5.75 Å². The van der Waals surface area contributed by atoms with Crippen LogP contribution in [0.2, 0.25) is 0 Å². The van der Waals surface area contributed by atoms with Crippen molar-refractivity contribution in [2.75, 3.05) is 46.8 Å². The van der Waals surface area contributed by atoms with Gasteiger partial charge in [-0.1, -0.05) is 19.1 Å². The number of ether oxygens (including phenoxy) is 4. The highest BCUT2D eigenvalue weighted by molar-refractivity contribution is 5.28. The SMILES string of the molecule is CCCOc1ccc(C(O)COCCOCCOC)cc1. The fraction of sp³-hybridized carbons (Fsp3) is 0.625. The lowest BCUT2D eigenvalue weighted by molar-refractivity contribution is -0.00591. The summed E-state index contributed by atoms with van der Waals surface area (Å²) in [6.07, 6.45) is 0.342. The number of aliphatic hydroxyl groups excluding tert-OH is 1. The first-order chi connectivity index (χ1) is 10.3. The Kier molecular flexibility index (Phi) is 9.82. The van der Waals surface area contributed by atoms with Gasteiger partial charge in [0.2, 0.25) is 0 Å². The van der Waals surface area contributed by atoms with Crippen molar-refractivity contribution in [3.05, 3.63) is 29.8 Å². The topological polar surface area (TPSA) is 57.2 Å². The normalized spacial score (nSPS) is 12.3. The second kappa shape index (κ2) is 11.5. The van der Waals surface area contributed by atoms with E-state index in [2.05, 4.69) is 6.92 Å². The first-order valence-corrected chi connectivity index (χ1v) is 7.33. The molecular weight excluding hydrogens is 272 g/mol. The highest BCUT2D eigenvalue weighted by Crippen LogP contribution is 2.18. The lowest BCUT2D eigenvalue weighted by Gasteiger charge is -2.12. The molecule has 0 heterocycles. The Morgan fingerprint density at radius 3 is 2.29 bits per heavy atom. The highest BCUT2D eigenvalue weighted by Gasteiger charge is 2.07. The highest BCUT2D eigenvalue weighted by atomic mass is 16.5. The van der Waals surface area contributed by atoms with Crippen LogP contribution in [0.5, 0.6) is 5.75 Å². The Morgan fingerprint density at radius 1 is 0.952 bits per heavy atom. The summed E-state index contributed by atoms with van der Waals surface area (Å²) < 4.78 is 21.0. The maximum Gasteiger partial charge on any atom is 0.119 e. The Bertz CT molecular complexity index is 352. The van der Waals surface area contributed by atoms with Crippen molar-refractivity contribution in [3.63, 3.8) is 0 Å². The van der Waals surface area contributed by atoms with Crippen LogP contribution in [0.1, 0.15) is 25.0 Å². The van der Waals surface area contributed by atoms with Crippen LogP contribution < -0.4 is 4.74 Å². The van der Waals surface area contributed by atoms with Crippen molar-refractivity contribution in [1.82, 2.24) is 0 Å². The number of hydrogen-bond acceptors (Lipinski definition) is 5. The predicted molar refractivity (Wildman–Crippen MR) is 80.7 cm³/mol. The van der Waals surface area contributed by atoms with Crippen molar-refractivity contribution in [2.45, 2.75) is 19.4 Å². The molecule has 5 heteroatoms. The third-order valence-corrected chi connectivity index (χ3v) is 2.82. The van der Waals surface area contributed by atoms with Crippen LogP contribution in [-0.2, 0) is 14.2 Å². The molecule has 0 aliphatic rings. The molecule has 0 bridgehead atoms. The summed E-state index contributed by atoms with van der Waals surface area (Å²) >= 11 is 0. The van der Waals surface area contributed by atoms with E-state index in [-0.39, 0.29) is 6.61 Å². The molecule has 0 spiro atoms. The number of methoxy groups -OCH3 is 1. The van der Waals surface area contributed by atoms with E-state index >= 15 is 0 Å². The summed E-state index contributed by atoms with van der Waals surface area (Å²) in [4.78, 5) is 0. The van der Waals surface area contributed by atoms with E-state index in [4.69, 9.17) is 18.9 Å². The van der Waals surface area contributed by atoms with Crippen LogP contribution in [0.25, 0.3) is 0 Å². The van der Waals surface area contributed by atoms with Gasteiger partial charge in [0.05, 0.1) is 39.6 Å². The molecule has 120 valence electrons. The second-order valence-corrected chi connectivity index (χ2v) is 4.61. The van der Waals surface area contributed by atoms with Gasteiger partial charge >= 0.3 is 0 Å². The number of hydrogen-bond donors (Lipinski definition) is 1. The summed E-state index contributed by atoms with van der Waals surface area (Å²) in [5.74, 6) is 0.820. The lowest BCUT2D eigenvalue weighted by Crippen LogP contribution is -2.12. The second-order valence-electron chi connectivity index (χ2n) is 4.61. The quantitative estimate of drug-likeness (QED) is 0.599. The van der Waals surface area contributed by atoms with Crippen LogP contribution in [0.3, 0.4) is 0 Å². The van der Waals surface area contributed by atoms with Crippen molar-refractivity contribution >= 4 is 0 Å². The molecule has 1 N–H and O–H groups in total. The average molecular weight is 298 g/mol. The molecule has 1 aromatic carbocycles. The van der Waals surface area contributed by atoms with Gasteiger partial charge < -0.3 is 24.1 Å². The van der Waals surface area contributed by atoms with Crippen LogP contribution in [0, 0.1) is 0 Å². The van der Waals surface area contributed by atoms with Gasteiger partial charge in [0.15, 0.2) is 0 Å². The van der Waals surface area contributed by atoms with Gasteiger partial charge in [0, 0.05) is 7.11 Å². The summed E-state index contributed by atoms with van der Waals surface area (Å²) in [6, 6.07) is 7.44. The van der Waals surface area contributed by atoms with Crippen molar-refractivity contribution in [1.29, 1.82) is 0 Å². The molecule has 0 aromatic heterocycles. The molecule has 0 saturated carbocycles. The summed E-state index contributed by atoms with van der Waals surface area (Å²) in [5.41, 5.74) is 0.819. The molecule has 0 amide bonds. The van der Waals surface area contributed by atoms with Crippen LogP contribution in [-0.4, -0.2) is 51.9 Å². The first-order valence-electron chi connectivity index (χ1n) is 7.33. The molecule has 0 aliphatic carbocycles. The molecule has 1 rings (SSSR count). The van der Waals surface area contributed by atoms with E-state index in [0.717, 1.165) is 17.7 Å². The molecule has 1 aromatic rings. The monoisotopic (exact) mass is 298 g/mol. The third kappa shape index (κ3) is 8.02. The Labute approximate surface area is 126 Å². The lowest BCUT2D eigenvalue weighted by atomic mass is 10.1. The van der Waals surface area contributed by atoms with E-state index in [1.807, 2.05) is 24.3 Å². The van der Waals surface area contributed by atoms with Gasteiger partial charge in [-0.25, -0.2) is 0 Å². The standard InChI is InChI=1S/C16H26O5/c1-3-8-21-15-6-4-14(5-7-15)16(17)13-20-12-11-19-10-9-18-2/h4-7,16-17H,3,8-13H2,1-2H3. The van der Waals surface area contributed by atoms with Crippen LogP contribution in [0.15, 0.2) is 24.3 Å². The average Bonchev–Trinajstić information content (AvgIpc) is 2.52. The van der Waals surface area contributed by atoms with E-state index in [1.54, 1.807) is 7.11 Å². The number of rotatable bonds is 12. The minimum Gasteiger partial charge on any atom is -0.494 e. The molecule has 21 heavy (non-hydrogen) atoms. The summed E-state index contributed by atoms with van der Waals surface area (Å²) in [7, 11) is 1.63. The number of aliphatic hydroxyl groups is 1. The molecule has 1 unspecified atom stereocenters. The number of benzene rings is 1. The van der Waals surface area contributed by atoms with Gasteiger partial charge in [0.25, 0.3) is 0 Å². The minimum absolute atomic E-state index is 0.253. The maximum atomic E-state index is 10.0. The fourth-order valence-corrected chi connectivity index (χ4v) is 1.66. The Morgan fingerprint density at radius 2 is 1.62 bits per heavy atom. The van der Waals surface area contributed by atoms with Gasteiger partial charge in [-0.3, -0.25) is 0 Å². The zero-order valence-corrected chi connectivity index (χ0v) is 12.9. The molecule has 5 nitrogen and oxygen atoms in total. The Balaban J connectivity index is 2.17. The van der Waals surface area contributed by atoms with Gasteiger partial charge in [-0.15, -0.1) is 0 Å². The predicted octanol–water partition coefficient (Wildman–Crippen LogP) is 2.19. The van der Waals surface area contributed by atoms with Gasteiger partial charge in [-0.05, 0) is 24.1 Å². The zero-order valence-electron chi connectivity index (χ0n) is 12.9. The molecule has 0 aliphatic heterocycles. The van der Waals surface area contributed by atoms with E-state index in [1.165, 1.54) is 0 Å². The first kappa shape index (κ1) is 17.9. The molecule has 0 radical (unpaired) electrons. The van der Waals surface area contributed by atoms with E-state index < -0.39 is 6.10 Å². The van der Waals surface area contributed by atoms with Crippen molar-refractivity contribution in [2.24, 2.45) is 0 Å². The zero-order chi connectivity index (χ0) is 15.3. The smallest absolute Gasteiger partial charge is 0.119 e. The molecule has 0 fully saturated rings.